The largest absolute Gasteiger partial charge is 0.493 e. The van der Waals surface area contributed by atoms with Gasteiger partial charge in [0, 0.05) is 44.5 Å². The fourth-order valence-electron chi connectivity index (χ4n) is 5.73. The normalized spacial score (nSPS) is 13.2. The summed E-state index contributed by atoms with van der Waals surface area (Å²) < 4.78 is 23.0. The van der Waals surface area contributed by atoms with E-state index < -0.39 is 0 Å². The monoisotopic (exact) mass is 706 g/mol. The molecule has 0 aliphatic heterocycles. The molecule has 1 N–H and O–H groups in total. The molecule has 1 atom stereocenters. The van der Waals surface area contributed by atoms with Crippen molar-refractivity contribution in [1.29, 1.82) is 0 Å². The van der Waals surface area contributed by atoms with Crippen molar-refractivity contribution in [1.82, 2.24) is 9.88 Å². The van der Waals surface area contributed by atoms with Crippen LogP contribution in [0.4, 0.5) is 0 Å². The van der Waals surface area contributed by atoms with E-state index in [1.807, 2.05) is 73.3 Å². The Hall–Kier alpha value is -3.98. The number of amides is 1. The molecule has 0 spiro atoms. The predicted molar refractivity (Wildman–Crippen MR) is 192 cm³/mol. The number of carbonyl (C=O) groups excluding carboxylic acids is 1. The molecule has 49 heavy (non-hydrogen) atoms. The third-order valence-electron chi connectivity index (χ3n) is 8.31. The molecule has 260 valence electrons. The Labute approximate surface area is 298 Å². The lowest BCUT2D eigenvalue weighted by Gasteiger charge is -2.26. The Balaban J connectivity index is 1.17. The minimum Gasteiger partial charge on any atom is -0.493 e. The van der Waals surface area contributed by atoms with E-state index in [1.54, 1.807) is 19.4 Å². The summed E-state index contributed by atoms with van der Waals surface area (Å²) in [6.07, 6.45) is 5.93. The highest BCUT2D eigenvalue weighted by Gasteiger charge is 2.34. The molecule has 1 heterocycles. The quantitative estimate of drug-likeness (QED) is 0.104. The average Bonchev–Trinajstić information content (AvgIpc) is 3.92. The van der Waals surface area contributed by atoms with Gasteiger partial charge in [-0.1, -0.05) is 48.3 Å². The number of aryl methyl sites for hydroxylation is 2. The Kier molecular flexibility index (Phi) is 13.0. The van der Waals surface area contributed by atoms with Crippen molar-refractivity contribution in [2.45, 2.75) is 65.1 Å². The Bertz CT molecular complexity index is 1670. The van der Waals surface area contributed by atoms with Crippen LogP contribution >= 0.6 is 23.2 Å². The first-order valence-corrected chi connectivity index (χ1v) is 17.4. The average molecular weight is 708 g/mol. The summed E-state index contributed by atoms with van der Waals surface area (Å²) in [5.74, 6) is 1.82. The first kappa shape index (κ1) is 36.3. The maximum absolute atomic E-state index is 13.9. The first-order chi connectivity index (χ1) is 23.7. The number of aromatic nitrogens is 1. The zero-order valence-corrected chi connectivity index (χ0v) is 29.8. The van der Waals surface area contributed by atoms with Gasteiger partial charge in [-0.2, -0.15) is 0 Å². The van der Waals surface area contributed by atoms with Crippen LogP contribution in [0.2, 0.25) is 10.0 Å². The van der Waals surface area contributed by atoms with E-state index in [-0.39, 0.29) is 23.7 Å². The van der Waals surface area contributed by atoms with Gasteiger partial charge in [-0.15, -0.1) is 0 Å². The molecule has 0 saturated heterocycles. The fraction of sp³-hybridized carbons (Fsp3) is 0.385. The zero-order chi connectivity index (χ0) is 34.8. The van der Waals surface area contributed by atoms with Crippen molar-refractivity contribution in [3.8, 4) is 23.1 Å². The number of methoxy groups -OCH3 is 1. The van der Waals surface area contributed by atoms with Crippen LogP contribution < -0.4 is 14.2 Å². The lowest BCUT2D eigenvalue weighted by atomic mass is 9.99. The molecule has 0 bridgehead atoms. The number of halogens is 2. The van der Waals surface area contributed by atoms with Gasteiger partial charge in [0.15, 0.2) is 5.75 Å². The van der Waals surface area contributed by atoms with Gasteiger partial charge in [0.2, 0.25) is 11.8 Å². The van der Waals surface area contributed by atoms with Crippen LogP contribution in [-0.4, -0.2) is 53.9 Å². The van der Waals surface area contributed by atoms with E-state index in [9.17, 15) is 9.90 Å². The SMILES string of the molecule is COCCCc1cc(CN(C(=O)C(C)Cc2ccc(OCCOc3c(Cl)cc(C)cc3Cl)cc2)C2CC2)cc(OCc2ccnc(O)c2)c1. The lowest BCUT2D eigenvalue weighted by molar-refractivity contribution is -0.136. The summed E-state index contributed by atoms with van der Waals surface area (Å²) in [4.78, 5) is 19.8. The molecule has 1 aromatic heterocycles. The number of ether oxygens (including phenoxy) is 4. The van der Waals surface area contributed by atoms with Crippen LogP contribution in [-0.2, 0) is 35.5 Å². The van der Waals surface area contributed by atoms with Crippen LogP contribution in [0.15, 0.2) is 72.9 Å². The summed E-state index contributed by atoms with van der Waals surface area (Å²) in [7, 11) is 1.70. The number of hydrogen-bond acceptors (Lipinski definition) is 7. The molecular formula is C39H44Cl2N2O6. The van der Waals surface area contributed by atoms with Crippen molar-refractivity contribution in [3.05, 3.63) is 111 Å². The minimum atomic E-state index is -0.190. The molecular weight excluding hydrogens is 663 g/mol. The number of benzene rings is 3. The van der Waals surface area contributed by atoms with Gasteiger partial charge in [-0.05, 0) is 109 Å². The Morgan fingerprint density at radius 2 is 1.59 bits per heavy atom. The van der Waals surface area contributed by atoms with Crippen molar-refractivity contribution in [3.63, 3.8) is 0 Å². The summed E-state index contributed by atoms with van der Waals surface area (Å²) >= 11 is 12.5. The van der Waals surface area contributed by atoms with Crippen molar-refractivity contribution >= 4 is 29.1 Å². The highest BCUT2D eigenvalue weighted by atomic mass is 35.5. The lowest BCUT2D eigenvalue weighted by Crippen LogP contribution is -2.37. The summed E-state index contributed by atoms with van der Waals surface area (Å²) in [6, 6.07) is 21.4. The smallest absolute Gasteiger partial charge is 0.226 e. The highest BCUT2D eigenvalue weighted by molar-refractivity contribution is 6.37. The summed E-state index contributed by atoms with van der Waals surface area (Å²) in [5, 5.41) is 10.7. The molecule has 10 heteroatoms. The topological polar surface area (TPSA) is 90.4 Å². The van der Waals surface area contributed by atoms with Crippen LogP contribution in [0.3, 0.4) is 0 Å². The van der Waals surface area contributed by atoms with Gasteiger partial charge >= 0.3 is 0 Å². The van der Waals surface area contributed by atoms with E-state index in [0.717, 1.165) is 65.0 Å². The second kappa shape index (κ2) is 17.6. The molecule has 1 fully saturated rings. The van der Waals surface area contributed by atoms with Gasteiger partial charge in [0.1, 0.15) is 31.3 Å². The predicted octanol–water partition coefficient (Wildman–Crippen LogP) is 8.39. The van der Waals surface area contributed by atoms with Crippen molar-refractivity contribution in [2.24, 2.45) is 5.92 Å². The molecule has 1 amide bonds. The van der Waals surface area contributed by atoms with Crippen LogP contribution in [0.1, 0.15) is 54.0 Å². The van der Waals surface area contributed by atoms with Gasteiger partial charge < -0.3 is 29.0 Å². The van der Waals surface area contributed by atoms with E-state index >= 15 is 0 Å². The summed E-state index contributed by atoms with van der Waals surface area (Å²) in [6.45, 7) is 6.04. The number of nitrogens with zero attached hydrogens (tertiary/aromatic N) is 2. The fourth-order valence-corrected chi connectivity index (χ4v) is 6.43. The van der Waals surface area contributed by atoms with Crippen molar-refractivity contribution < 1.29 is 28.8 Å². The van der Waals surface area contributed by atoms with Gasteiger partial charge in [-0.25, -0.2) is 4.98 Å². The zero-order valence-electron chi connectivity index (χ0n) is 28.3. The molecule has 0 radical (unpaired) electrons. The first-order valence-electron chi connectivity index (χ1n) is 16.7. The maximum atomic E-state index is 13.9. The molecule has 5 rings (SSSR count). The molecule has 1 aliphatic rings. The number of rotatable bonds is 18. The number of carbonyl (C=O) groups is 1. The third kappa shape index (κ3) is 11.0. The van der Waals surface area contributed by atoms with Crippen molar-refractivity contribution in [2.75, 3.05) is 26.9 Å². The van der Waals surface area contributed by atoms with Crippen LogP contribution in [0.25, 0.3) is 0 Å². The Morgan fingerprint density at radius 3 is 2.29 bits per heavy atom. The molecule has 1 unspecified atom stereocenters. The molecule has 1 aliphatic carbocycles. The maximum Gasteiger partial charge on any atom is 0.226 e. The van der Waals surface area contributed by atoms with Gasteiger partial charge in [-0.3, -0.25) is 4.79 Å². The summed E-state index contributed by atoms with van der Waals surface area (Å²) in [5.41, 5.74) is 5.03. The van der Waals surface area contributed by atoms with Crippen LogP contribution in [0.5, 0.6) is 23.1 Å². The molecule has 4 aromatic rings. The Morgan fingerprint density at radius 1 is 0.878 bits per heavy atom. The van der Waals surface area contributed by atoms with E-state index in [4.69, 9.17) is 42.1 Å². The minimum absolute atomic E-state index is 0.0380. The van der Waals surface area contributed by atoms with Crippen LogP contribution in [0, 0.1) is 12.8 Å². The molecule has 8 nitrogen and oxygen atoms in total. The second-order valence-corrected chi connectivity index (χ2v) is 13.4. The number of hydrogen-bond donors (Lipinski definition) is 1. The third-order valence-corrected chi connectivity index (χ3v) is 8.87. The van der Waals surface area contributed by atoms with Gasteiger partial charge in [0.25, 0.3) is 0 Å². The van der Waals surface area contributed by atoms with E-state index in [1.165, 1.54) is 0 Å². The number of pyridine rings is 1. The van der Waals surface area contributed by atoms with E-state index in [2.05, 4.69) is 11.1 Å². The molecule has 3 aromatic carbocycles. The highest BCUT2D eigenvalue weighted by Crippen LogP contribution is 2.34. The van der Waals surface area contributed by atoms with Gasteiger partial charge in [0.05, 0.1) is 10.0 Å². The standard InChI is InChI=1S/C39H44Cl2N2O6/c1-26-17-35(40)38(36(41)18-26)48-16-15-47-33-10-6-28(7-11-33)19-27(2)39(45)43(32-8-9-32)24-31-20-29(5-4-14-46-3)21-34(22-31)49-25-30-12-13-42-37(44)23-30/h6-7,10-13,17-18,20-23,27,32H,4-5,8-9,14-16,19,24-25H2,1-3H3,(H,42,44). The second-order valence-electron chi connectivity index (χ2n) is 12.6. The van der Waals surface area contributed by atoms with E-state index in [0.29, 0.717) is 55.2 Å². The number of aromatic hydroxyl groups is 1. The molecule has 1 saturated carbocycles.